The first-order valence-corrected chi connectivity index (χ1v) is 23.3. The van der Waals surface area contributed by atoms with E-state index in [4.69, 9.17) is 15.0 Å². The van der Waals surface area contributed by atoms with Crippen LogP contribution in [0.4, 0.5) is 0 Å². The normalized spacial score (nSPS) is 11.4. The summed E-state index contributed by atoms with van der Waals surface area (Å²) in [4.78, 5) is 15.1. The third kappa shape index (κ3) is 7.84. The van der Waals surface area contributed by atoms with Crippen molar-refractivity contribution in [1.82, 2.24) is 15.0 Å². The van der Waals surface area contributed by atoms with Gasteiger partial charge in [-0.1, -0.05) is 201 Å². The lowest BCUT2D eigenvalue weighted by Gasteiger charge is -2.21. The molecule has 9 aromatic rings. The summed E-state index contributed by atoms with van der Waals surface area (Å²) in [5.41, 5.74) is 14.7. The molecule has 0 spiro atoms. The highest BCUT2D eigenvalue weighted by Gasteiger charge is 2.21. The van der Waals surface area contributed by atoms with E-state index in [2.05, 4.69) is 189 Å². The summed E-state index contributed by atoms with van der Waals surface area (Å²) >= 11 is 0. The van der Waals surface area contributed by atoms with Crippen molar-refractivity contribution in [2.24, 2.45) is 0 Å². The van der Waals surface area contributed by atoms with E-state index in [1.54, 1.807) is 0 Å². The van der Waals surface area contributed by atoms with Crippen molar-refractivity contribution in [1.29, 1.82) is 0 Å². The summed E-state index contributed by atoms with van der Waals surface area (Å²) in [6.07, 6.45) is 0. The lowest BCUT2D eigenvalue weighted by atomic mass is 9.94. The first-order chi connectivity index (χ1) is 28.4. The van der Waals surface area contributed by atoms with E-state index in [0.717, 1.165) is 44.5 Å². The van der Waals surface area contributed by atoms with Crippen LogP contribution in [0, 0.1) is 0 Å². The molecule has 0 aliphatic rings. The highest BCUT2D eigenvalue weighted by Crippen LogP contribution is 2.34. The zero-order chi connectivity index (χ0) is 39.5. The van der Waals surface area contributed by atoms with Crippen LogP contribution in [0.25, 0.3) is 89.8 Å². The lowest BCUT2D eigenvalue weighted by molar-refractivity contribution is 1.07. The Balaban J connectivity index is 1.06. The SMILES string of the molecule is C[Si](C)(C)c1ccccc1-c1cccc(-c2cccc(-c3cccc(-c4cccc(-c5nc(-c6ccccc6)nc(-c6cccc(-c7ccccc7)c6)n5)c4)c3)c2)c1. The predicted molar refractivity (Wildman–Crippen MR) is 246 cm³/mol. The topological polar surface area (TPSA) is 38.7 Å². The summed E-state index contributed by atoms with van der Waals surface area (Å²) in [6, 6.07) is 73.1. The number of aromatic nitrogens is 3. The van der Waals surface area contributed by atoms with Crippen molar-refractivity contribution in [3.63, 3.8) is 0 Å². The standard InChI is InChI=1S/C54H43N3Si/c1-58(2,3)51-32-11-10-31-50(51)47-28-14-26-45(35-47)43-24-12-22-41(33-43)42-23-13-25-44(34-42)46-27-16-30-49(37-46)54-56-52(39-19-8-5-9-20-39)55-53(57-54)48-29-15-21-40(36-48)38-17-6-4-7-18-38/h4-37H,1-3H3. The molecule has 0 aliphatic carbocycles. The van der Waals surface area contributed by atoms with E-state index in [0.29, 0.717) is 17.5 Å². The van der Waals surface area contributed by atoms with Gasteiger partial charge in [0.2, 0.25) is 0 Å². The van der Waals surface area contributed by atoms with Crippen LogP contribution < -0.4 is 5.19 Å². The van der Waals surface area contributed by atoms with Crippen molar-refractivity contribution in [2.75, 3.05) is 0 Å². The van der Waals surface area contributed by atoms with Crippen molar-refractivity contribution in [3.05, 3.63) is 206 Å². The first kappa shape index (κ1) is 36.6. The molecule has 1 aromatic heterocycles. The maximum atomic E-state index is 5.09. The lowest BCUT2D eigenvalue weighted by Crippen LogP contribution is -2.38. The Morgan fingerprint density at radius 2 is 0.552 bits per heavy atom. The molecule has 0 radical (unpaired) electrons. The maximum Gasteiger partial charge on any atom is 0.164 e. The van der Waals surface area contributed by atoms with Crippen LogP contribution in [-0.2, 0) is 0 Å². The predicted octanol–water partition coefficient (Wildman–Crippen LogP) is 13.8. The van der Waals surface area contributed by atoms with E-state index >= 15 is 0 Å². The number of nitrogens with zero attached hydrogens (tertiary/aromatic N) is 3. The van der Waals surface area contributed by atoms with Gasteiger partial charge in [0.05, 0.1) is 8.07 Å². The zero-order valence-corrected chi connectivity index (χ0v) is 34.0. The third-order valence-corrected chi connectivity index (χ3v) is 12.7. The van der Waals surface area contributed by atoms with E-state index in [9.17, 15) is 0 Å². The van der Waals surface area contributed by atoms with Gasteiger partial charge in [-0.2, -0.15) is 0 Å². The molecule has 0 unspecified atom stereocenters. The van der Waals surface area contributed by atoms with Gasteiger partial charge < -0.3 is 0 Å². The number of benzene rings is 8. The number of hydrogen-bond acceptors (Lipinski definition) is 3. The summed E-state index contributed by atoms with van der Waals surface area (Å²) in [5, 5.41) is 1.49. The molecule has 58 heavy (non-hydrogen) atoms. The monoisotopic (exact) mass is 761 g/mol. The average Bonchev–Trinajstić information content (AvgIpc) is 3.29. The molecule has 278 valence electrons. The molecule has 0 fully saturated rings. The Labute approximate surface area is 342 Å². The van der Waals surface area contributed by atoms with Gasteiger partial charge in [-0.05, 0) is 86.0 Å². The molecule has 1 heterocycles. The van der Waals surface area contributed by atoms with Crippen LogP contribution in [0.15, 0.2) is 206 Å². The summed E-state index contributed by atoms with van der Waals surface area (Å²) in [6.45, 7) is 7.25. The quantitative estimate of drug-likeness (QED) is 0.138. The van der Waals surface area contributed by atoms with Crippen LogP contribution >= 0.6 is 0 Å². The minimum Gasteiger partial charge on any atom is -0.208 e. The van der Waals surface area contributed by atoms with Gasteiger partial charge in [0.25, 0.3) is 0 Å². The van der Waals surface area contributed by atoms with Crippen LogP contribution in [0.3, 0.4) is 0 Å². The average molecular weight is 762 g/mol. The van der Waals surface area contributed by atoms with E-state index in [1.807, 2.05) is 36.4 Å². The van der Waals surface area contributed by atoms with Crippen LogP contribution in [0.5, 0.6) is 0 Å². The molecular formula is C54H43N3Si. The molecule has 9 rings (SSSR count). The van der Waals surface area contributed by atoms with Crippen molar-refractivity contribution in [2.45, 2.75) is 19.6 Å². The highest BCUT2D eigenvalue weighted by molar-refractivity contribution is 6.89. The smallest absolute Gasteiger partial charge is 0.164 e. The largest absolute Gasteiger partial charge is 0.208 e. The van der Waals surface area contributed by atoms with Crippen LogP contribution in [-0.4, -0.2) is 23.0 Å². The number of rotatable bonds is 9. The number of hydrogen-bond donors (Lipinski definition) is 0. The second-order valence-electron chi connectivity index (χ2n) is 15.7. The third-order valence-electron chi connectivity index (χ3n) is 10.6. The van der Waals surface area contributed by atoms with Gasteiger partial charge in [-0.3, -0.25) is 0 Å². The molecule has 0 N–H and O–H groups in total. The van der Waals surface area contributed by atoms with Crippen molar-refractivity contribution >= 4 is 13.3 Å². The van der Waals surface area contributed by atoms with Gasteiger partial charge in [0.1, 0.15) is 0 Å². The van der Waals surface area contributed by atoms with Crippen molar-refractivity contribution in [3.8, 4) is 89.8 Å². The minimum absolute atomic E-state index is 0.634. The molecule has 0 atom stereocenters. The molecule has 8 aromatic carbocycles. The molecule has 0 bridgehead atoms. The molecule has 3 nitrogen and oxygen atoms in total. The molecule has 0 saturated carbocycles. The maximum absolute atomic E-state index is 5.09. The van der Waals surface area contributed by atoms with Crippen LogP contribution in [0.2, 0.25) is 19.6 Å². The summed E-state index contributed by atoms with van der Waals surface area (Å²) < 4.78 is 0. The summed E-state index contributed by atoms with van der Waals surface area (Å²) in [7, 11) is -1.52. The Kier molecular flexibility index (Phi) is 10.0. The molecule has 0 aliphatic heterocycles. The minimum atomic E-state index is -1.52. The van der Waals surface area contributed by atoms with Crippen molar-refractivity contribution < 1.29 is 0 Å². The van der Waals surface area contributed by atoms with E-state index < -0.39 is 8.07 Å². The zero-order valence-electron chi connectivity index (χ0n) is 33.0. The molecule has 0 saturated heterocycles. The van der Waals surface area contributed by atoms with Crippen LogP contribution in [0.1, 0.15) is 0 Å². The fraction of sp³-hybridized carbons (Fsp3) is 0.0556. The summed E-state index contributed by atoms with van der Waals surface area (Å²) in [5.74, 6) is 1.91. The first-order valence-electron chi connectivity index (χ1n) is 19.8. The van der Waals surface area contributed by atoms with Gasteiger partial charge in [-0.25, -0.2) is 15.0 Å². The molecule has 4 heteroatoms. The van der Waals surface area contributed by atoms with E-state index in [1.165, 1.54) is 33.0 Å². The highest BCUT2D eigenvalue weighted by atomic mass is 28.3. The fourth-order valence-electron chi connectivity index (χ4n) is 7.67. The van der Waals surface area contributed by atoms with Gasteiger partial charge in [-0.15, -0.1) is 0 Å². The van der Waals surface area contributed by atoms with Gasteiger partial charge in [0.15, 0.2) is 17.5 Å². The van der Waals surface area contributed by atoms with Gasteiger partial charge >= 0.3 is 0 Å². The van der Waals surface area contributed by atoms with E-state index in [-0.39, 0.29) is 0 Å². The second kappa shape index (κ2) is 15.9. The molecular weight excluding hydrogens is 719 g/mol. The Bertz CT molecular complexity index is 2880. The van der Waals surface area contributed by atoms with Gasteiger partial charge in [0, 0.05) is 16.7 Å². The molecule has 0 amide bonds. The fourth-order valence-corrected chi connectivity index (χ4v) is 9.30. The second-order valence-corrected chi connectivity index (χ2v) is 20.8. The Hall–Kier alpha value is -7.01. The Morgan fingerprint density at radius 3 is 1.00 bits per heavy atom. The Morgan fingerprint density at radius 1 is 0.259 bits per heavy atom.